The van der Waals surface area contributed by atoms with Crippen LogP contribution in [0.4, 0.5) is 0 Å². The van der Waals surface area contributed by atoms with Crippen LogP contribution in [0.25, 0.3) is 0 Å². The fourth-order valence-electron chi connectivity index (χ4n) is 2.04. The third-order valence-corrected chi connectivity index (χ3v) is 3.23. The molecule has 0 aliphatic carbocycles. The van der Waals surface area contributed by atoms with Crippen LogP contribution in [-0.2, 0) is 15.1 Å². The number of nitrogens with one attached hydrogen (secondary N) is 1. The summed E-state index contributed by atoms with van der Waals surface area (Å²) in [4.78, 5) is 12.4. The Morgan fingerprint density at radius 3 is 2.62 bits per heavy atom. The van der Waals surface area contributed by atoms with Gasteiger partial charge >= 0.3 is 5.97 Å². The molecule has 1 atom stereocenters. The molecule has 0 radical (unpaired) electrons. The lowest BCUT2D eigenvalue weighted by Gasteiger charge is -2.30. The summed E-state index contributed by atoms with van der Waals surface area (Å²) >= 11 is 0. The normalized spacial score (nSPS) is 13.1. The Morgan fingerprint density at radius 1 is 1.38 bits per heavy atom. The summed E-state index contributed by atoms with van der Waals surface area (Å²) < 4.78 is 15.8. The predicted molar refractivity (Wildman–Crippen MR) is 81.7 cm³/mol. The van der Waals surface area contributed by atoms with Gasteiger partial charge in [0.25, 0.3) is 0 Å². The van der Waals surface area contributed by atoms with Gasteiger partial charge in [0, 0.05) is 18.2 Å². The maximum atomic E-state index is 12.4. The summed E-state index contributed by atoms with van der Waals surface area (Å²) in [6, 6.07) is 5.32. The Bertz CT molecular complexity index is 501. The van der Waals surface area contributed by atoms with Gasteiger partial charge in [-0.1, -0.05) is 6.08 Å². The smallest absolute Gasteiger partial charge is 0.330 e. The molecule has 5 nitrogen and oxygen atoms in total. The zero-order valence-corrected chi connectivity index (χ0v) is 13.1. The van der Waals surface area contributed by atoms with Gasteiger partial charge < -0.3 is 14.2 Å². The third kappa shape index (κ3) is 3.76. The van der Waals surface area contributed by atoms with Crippen molar-refractivity contribution in [1.29, 1.82) is 0 Å². The number of carbonyl (C=O) groups excluding carboxylic acids is 1. The lowest BCUT2D eigenvalue weighted by atomic mass is 9.90. The molecular weight excluding hydrogens is 270 g/mol. The van der Waals surface area contributed by atoms with E-state index in [-0.39, 0.29) is 5.97 Å². The van der Waals surface area contributed by atoms with Gasteiger partial charge in [-0.25, -0.2) is 4.79 Å². The fraction of sp³-hybridized carbons (Fsp3) is 0.438. The first-order valence-electron chi connectivity index (χ1n) is 6.79. The summed E-state index contributed by atoms with van der Waals surface area (Å²) in [6.45, 7) is 7.98. The average molecular weight is 293 g/mol. The Balaban J connectivity index is 3.30. The van der Waals surface area contributed by atoms with E-state index in [2.05, 4.69) is 11.9 Å². The van der Waals surface area contributed by atoms with E-state index in [1.165, 1.54) is 0 Å². The Kier molecular flexibility index (Phi) is 6.24. The van der Waals surface area contributed by atoms with Crippen LogP contribution in [0, 0.1) is 0 Å². The zero-order valence-electron chi connectivity index (χ0n) is 13.1. The second kappa shape index (κ2) is 7.69. The van der Waals surface area contributed by atoms with E-state index in [9.17, 15) is 4.79 Å². The van der Waals surface area contributed by atoms with Gasteiger partial charge in [-0.05, 0) is 26.0 Å². The maximum absolute atomic E-state index is 12.4. The highest BCUT2D eigenvalue weighted by molar-refractivity contribution is 5.83. The molecular formula is C16H23NO4. The minimum Gasteiger partial charge on any atom is -0.497 e. The number of methoxy groups -OCH3 is 2. The molecule has 0 fully saturated rings. The van der Waals surface area contributed by atoms with Crippen LogP contribution in [0.15, 0.2) is 30.9 Å². The molecule has 21 heavy (non-hydrogen) atoms. The van der Waals surface area contributed by atoms with E-state index < -0.39 is 5.54 Å². The van der Waals surface area contributed by atoms with Gasteiger partial charge in [0.05, 0.1) is 20.8 Å². The molecule has 0 aromatic heterocycles. The lowest BCUT2D eigenvalue weighted by molar-refractivity contribution is -0.151. The van der Waals surface area contributed by atoms with Crippen LogP contribution in [0.1, 0.15) is 19.4 Å². The molecule has 116 valence electrons. The number of esters is 1. The monoisotopic (exact) mass is 293 g/mol. The molecule has 5 heteroatoms. The van der Waals surface area contributed by atoms with E-state index in [0.29, 0.717) is 30.2 Å². The van der Waals surface area contributed by atoms with Crippen molar-refractivity contribution in [2.45, 2.75) is 19.4 Å². The Labute approximate surface area is 125 Å². The number of hydrogen-bond donors (Lipinski definition) is 1. The molecule has 1 rings (SSSR count). The first-order valence-corrected chi connectivity index (χ1v) is 6.79. The highest BCUT2D eigenvalue weighted by atomic mass is 16.5. The standard InChI is InChI=1S/C16H23NO4/c1-6-10-17-16(3,15(18)21-7-2)13-9-8-12(19-4)11-14(13)20-5/h6,8-9,11,17H,1,7,10H2,2-5H3. The second-order valence-electron chi connectivity index (χ2n) is 4.58. The molecule has 0 saturated heterocycles. The number of carbonyl (C=O) groups is 1. The highest BCUT2D eigenvalue weighted by Gasteiger charge is 2.38. The van der Waals surface area contributed by atoms with Crippen LogP contribution >= 0.6 is 0 Å². The quantitative estimate of drug-likeness (QED) is 0.588. The third-order valence-electron chi connectivity index (χ3n) is 3.23. The summed E-state index contributed by atoms with van der Waals surface area (Å²) in [5.74, 6) is 0.849. The molecule has 0 heterocycles. The molecule has 1 unspecified atom stereocenters. The number of ether oxygens (including phenoxy) is 3. The van der Waals surface area contributed by atoms with Gasteiger partial charge in [-0.2, -0.15) is 0 Å². The second-order valence-corrected chi connectivity index (χ2v) is 4.58. The Hall–Kier alpha value is -2.01. The van der Waals surface area contributed by atoms with E-state index in [4.69, 9.17) is 14.2 Å². The molecule has 0 saturated carbocycles. The SMILES string of the molecule is C=CCNC(C)(C(=O)OCC)c1ccc(OC)cc1OC. The van der Waals surface area contributed by atoms with Crippen molar-refractivity contribution in [3.8, 4) is 11.5 Å². The Morgan fingerprint density at radius 2 is 2.10 bits per heavy atom. The van der Waals surface area contributed by atoms with Crippen LogP contribution in [0.3, 0.4) is 0 Å². The maximum Gasteiger partial charge on any atom is 0.330 e. The first-order chi connectivity index (χ1) is 10.0. The van der Waals surface area contributed by atoms with Crippen LogP contribution in [-0.4, -0.2) is 33.3 Å². The predicted octanol–water partition coefficient (Wildman–Crippen LogP) is 2.26. The van der Waals surface area contributed by atoms with Gasteiger partial charge in [-0.3, -0.25) is 5.32 Å². The van der Waals surface area contributed by atoms with Crippen molar-refractivity contribution in [3.63, 3.8) is 0 Å². The average Bonchev–Trinajstić information content (AvgIpc) is 2.52. The van der Waals surface area contributed by atoms with E-state index in [1.807, 2.05) is 0 Å². The van der Waals surface area contributed by atoms with Gasteiger partial charge in [0.1, 0.15) is 17.0 Å². The molecule has 0 bridgehead atoms. The summed E-state index contributed by atoms with van der Waals surface area (Å²) in [6.07, 6.45) is 1.69. The first kappa shape index (κ1) is 17.0. The largest absolute Gasteiger partial charge is 0.497 e. The molecule has 0 aliphatic rings. The molecule has 1 N–H and O–H groups in total. The topological polar surface area (TPSA) is 56.8 Å². The minimum atomic E-state index is -1.03. The van der Waals surface area contributed by atoms with E-state index in [1.54, 1.807) is 52.3 Å². The summed E-state index contributed by atoms with van der Waals surface area (Å²) in [7, 11) is 3.13. The molecule has 1 aromatic rings. The number of benzene rings is 1. The molecule has 0 aliphatic heterocycles. The summed E-state index contributed by atoms with van der Waals surface area (Å²) in [5.41, 5.74) is -0.340. The van der Waals surface area contributed by atoms with E-state index >= 15 is 0 Å². The van der Waals surface area contributed by atoms with Crippen LogP contribution < -0.4 is 14.8 Å². The van der Waals surface area contributed by atoms with Gasteiger partial charge in [0.2, 0.25) is 0 Å². The lowest BCUT2D eigenvalue weighted by Crippen LogP contribution is -2.48. The van der Waals surface area contributed by atoms with Crippen molar-refractivity contribution in [3.05, 3.63) is 36.4 Å². The van der Waals surface area contributed by atoms with Crippen molar-refractivity contribution < 1.29 is 19.0 Å². The molecule has 1 aromatic carbocycles. The highest BCUT2D eigenvalue weighted by Crippen LogP contribution is 2.34. The molecule has 0 amide bonds. The fourth-order valence-corrected chi connectivity index (χ4v) is 2.04. The van der Waals surface area contributed by atoms with Crippen LogP contribution in [0.2, 0.25) is 0 Å². The van der Waals surface area contributed by atoms with Crippen molar-refractivity contribution in [2.75, 3.05) is 27.4 Å². The molecule has 0 spiro atoms. The summed E-state index contributed by atoms with van der Waals surface area (Å²) in [5, 5.41) is 3.15. The van der Waals surface area contributed by atoms with Gasteiger partial charge in [0.15, 0.2) is 0 Å². The van der Waals surface area contributed by atoms with Gasteiger partial charge in [-0.15, -0.1) is 6.58 Å². The van der Waals surface area contributed by atoms with Crippen molar-refractivity contribution in [2.24, 2.45) is 0 Å². The van der Waals surface area contributed by atoms with Crippen molar-refractivity contribution >= 4 is 5.97 Å². The van der Waals surface area contributed by atoms with Crippen molar-refractivity contribution in [1.82, 2.24) is 5.32 Å². The zero-order chi connectivity index (χ0) is 15.9. The number of hydrogen-bond acceptors (Lipinski definition) is 5. The minimum absolute atomic E-state index is 0.308. The van der Waals surface area contributed by atoms with E-state index in [0.717, 1.165) is 0 Å². The van der Waals surface area contributed by atoms with Crippen LogP contribution in [0.5, 0.6) is 11.5 Å². The number of rotatable bonds is 8.